The van der Waals surface area contributed by atoms with Crippen LogP contribution in [-0.2, 0) is 23.8 Å². The van der Waals surface area contributed by atoms with Crippen molar-refractivity contribution in [1.82, 2.24) is 9.78 Å². The number of carbonyl (C=O) groups excluding carboxylic acids is 2. The zero-order valence-electron chi connectivity index (χ0n) is 20.0. The summed E-state index contributed by atoms with van der Waals surface area (Å²) in [6.07, 6.45) is 4.98. The predicted octanol–water partition coefficient (Wildman–Crippen LogP) is 3.73. The van der Waals surface area contributed by atoms with Crippen LogP contribution in [0.5, 0.6) is 5.75 Å². The van der Waals surface area contributed by atoms with Gasteiger partial charge in [0, 0.05) is 23.7 Å². The van der Waals surface area contributed by atoms with E-state index in [1.54, 1.807) is 19.9 Å². The van der Waals surface area contributed by atoms with Crippen molar-refractivity contribution in [3.8, 4) is 5.75 Å². The number of ether oxygens (including phenoxy) is 4. The minimum Gasteiger partial charge on any atom is -0.486 e. The van der Waals surface area contributed by atoms with Crippen LogP contribution in [0.1, 0.15) is 58.4 Å². The number of nitrogens with zero attached hydrogens (tertiary/aromatic N) is 3. The van der Waals surface area contributed by atoms with Gasteiger partial charge in [0.15, 0.2) is 5.75 Å². The summed E-state index contributed by atoms with van der Waals surface area (Å²) < 4.78 is 23.3. The van der Waals surface area contributed by atoms with Gasteiger partial charge in [-0.15, -0.1) is 0 Å². The van der Waals surface area contributed by atoms with Crippen LogP contribution in [-0.4, -0.2) is 58.7 Å². The molecule has 190 valence electrons. The third kappa shape index (κ3) is 6.08. The summed E-state index contributed by atoms with van der Waals surface area (Å²) in [5.41, 5.74) is 0.586. The maximum Gasteiger partial charge on any atom is 0.347 e. The van der Waals surface area contributed by atoms with Gasteiger partial charge < -0.3 is 18.9 Å². The number of aromatic nitrogens is 2. The highest BCUT2D eigenvalue weighted by Crippen LogP contribution is 2.37. The number of hydrogen-bond acceptors (Lipinski definition) is 9. The normalized spacial score (nSPS) is 20.1. The monoisotopic (exact) mass is 489 g/mol. The first-order valence-electron chi connectivity index (χ1n) is 12.2. The van der Waals surface area contributed by atoms with Crippen LogP contribution < -0.4 is 4.74 Å². The van der Waals surface area contributed by atoms with Crippen LogP contribution in [0.25, 0.3) is 10.9 Å². The van der Waals surface area contributed by atoms with E-state index in [1.165, 1.54) is 6.07 Å². The highest BCUT2D eigenvalue weighted by molar-refractivity contribution is 5.98. The van der Waals surface area contributed by atoms with Crippen molar-refractivity contribution in [2.24, 2.45) is 5.92 Å². The van der Waals surface area contributed by atoms with E-state index >= 15 is 0 Å². The summed E-state index contributed by atoms with van der Waals surface area (Å²) in [6.45, 7) is 4.09. The summed E-state index contributed by atoms with van der Waals surface area (Å²) in [6, 6.07) is 3.23. The Morgan fingerprint density at radius 1 is 1.09 bits per heavy atom. The smallest absolute Gasteiger partial charge is 0.347 e. The number of carbonyl (C=O) groups is 2. The van der Waals surface area contributed by atoms with Crippen LogP contribution in [0.15, 0.2) is 18.3 Å². The summed E-state index contributed by atoms with van der Waals surface area (Å²) in [7, 11) is 0. The molecule has 0 spiro atoms. The lowest BCUT2D eigenvalue weighted by Crippen LogP contribution is -2.40. The van der Waals surface area contributed by atoms with Crippen LogP contribution in [0.3, 0.4) is 0 Å². The van der Waals surface area contributed by atoms with Gasteiger partial charge in [-0.3, -0.25) is 14.8 Å². The van der Waals surface area contributed by atoms with Gasteiger partial charge in [0.1, 0.15) is 0 Å². The number of nitro groups is 1. The molecule has 2 saturated carbocycles. The zero-order chi connectivity index (χ0) is 24.9. The van der Waals surface area contributed by atoms with Gasteiger partial charge in [-0.05, 0) is 58.3 Å². The molecule has 0 amide bonds. The molecule has 2 aliphatic rings. The molecule has 4 rings (SSSR count). The Balaban J connectivity index is 1.42. The van der Waals surface area contributed by atoms with Crippen LogP contribution in [0.4, 0.5) is 5.69 Å². The fourth-order valence-electron chi connectivity index (χ4n) is 4.28. The fraction of sp³-hybridized carbons (Fsp3) is 0.625. The summed E-state index contributed by atoms with van der Waals surface area (Å²) >= 11 is 0. The molecule has 0 atom stereocenters. The van der Waals surface area contributed by atoms with Crippen molar-refractivity contribution < 1.29 is 33.5 Å². The van der Waals surface area contributed by atoms with E-state index in [9.17, 15) is 19.7 Å². The molecule has 0 N–H and O–H groups in total. The average molecular weight is 490 g/mol. The van der Waals surface area contributed by atoms with E-state index in [4.69, 9.17) is 18.9 Å². The van der Waals surface area contributed by atoms with E-state index < -0.39 is 23.0 Å². The Kier molecular flexibility index (Phi) is 7.84. The molecule has 0 unspecified atom stereocenters. The first-order valence-corrected chi connectivity index (χ1v) is 12.2. The van der Waals surface area contributed by atoms with Gasteiger partial charge in [-0.1, -0.05) is 0 Å². The lowest BCUT2D eigenvalue weighted by Gasteiger charge is -2.30. The topological polar surface area (TPSA) is 132 Å². The maximum atomic E-state index is 12.2. The fourth-order valence-corrected chi connectivity index (χ4v) is 4.28. The van der Waals surface area contributed by atoms with E-state index in [2.05, 4.69) is 5.10 Å². The van der Waals surface area contributed by atoms with Crippen molar-refractivity contribution in [2.45, 2.75) is 70.6 Å². The highest BCUT2D eigenvalue weighted by Gasteiger charge is 2.35. The van der Waals surface area contributed by atoms with Crippen molar-refractivity contribution in [2.75, 3.05) is 19.8 Å². The SMILES string of the molecule is CCOC(=O)C(OC1CCC(n2cc3cc([N+](=O)[O-])c(OCC4CC4)cc3n2)CC1)C(=O)OCC. The summed E-state index contributed by atoms with van der Waals surface area (Å²) in [4.78, 5) is 35.5. The van der Waals surface area contributed by atoms with E-state index in [-0.39, 0.29) is 36.8 Å². The van der Waals surface area contributed by atoms with E-state index in [1.807, 2.05) is 10.9 Å². The van der Waals surface area contributed by atoms with Crippen molar-refractivity contribution >= 4 is 28.5 Å². The minimum absolute atomic E-state index is 0.0567. The van der Waals surface area contributed by atoms with Crippen molar-refractivity contribution in [1.29, 1.82) is 0 Å². The van der Waals surface area contributed by atoms with Crippen LogP contribution in [0, 0.1) is 16.0 Å². The molecule has 0 bridgehead atoms. The third-order valence-electron chi connectivity index (χ3n) is 6.32. The molecule has 0 aliphatic heterocycles. The third-order valence-corrected chi connectivity index (χ3v) is 6.32. The number of fused-ring (bicyclic) bond motifs is 1. The summed E-state index contributed by atoms with van der Waals surface area (Å²) in [5.74, 6) is -0.756. The molecule has 1 aromatic heterocycles. The molecule has 1 aromatic carbocycles. The van der Waals surface area contributed by atoms with E-state index in [0.717, 1.165) is 12.8 Å². The molecule has 1 heterocycles. The predicted molar refractivity (Wildman–Crippen MR) is 124 cm³/mol. The molecular formula is C24H31N3O8. The van der Waals surface area contributed by atoms with Crippen LogP contribution >= 0.6 is 0 Å². The molecule has 11 nitrogen and oxygen atoms in total. The van der Waals surface area contributed by atoms with Crippen LogP contribution in [0.2, 0.25) is 0 Å². The quantitative estimate of drug-likeness (QED) is 0.200. The van der Waals surface area contributed by atoms with Crippen molar-refractivity contribution in [3.05, 3.63) is 28.4 Å². The van der Waals surface area contributed by atoms with Gasteiger partial charge in [0.05, 0.1) is 42.4 Å². The molecule has 11 heteroatoms. The minimum atomic E-state index is -1.39. The first kappa shape index (κ1) is 24.9. The number of esters is 2. The highest BCUT2D eigenvalue weighted by atomic mass is 16.6. The Labute approximate surface area is 202 Å². The summed E-state index contributed by atoms with van der Waals surface area (Å²) in [5, 5.41) is 16.9. The van der Waals surface area contributed by atoms with Crippen molar-refractivity contribution in [3.63, 3.8) is 0 Å². The van der Waals surface area contributed by atoms with Gasteiger partial charge in [-0.25, -0.2) is 9.59 Å². The van der Waals surface area contributed by atoms with Gasteiger partial charge >= 0.3 is 17.6 Å². The molecule has 2 fully saturated rings. The number of benzene rings is 1. The molecular weight excluding hydrogens is 458 g/mol. The molecule has 0 saturated heterocycles. The maximum absolute atomic E-state index is 12.2. The number of rotatable bonds is 11. The standard InChI is InChI=1S/C24H31N3O8/c1-3-32-23(28)22(24(29)33-4-2)35-18-9-7-17(8-10-18)26-13-16-11-20(27(30)31)21(12-19(16)25-26)34-14-15-5-6-15/h11-13,15,17-18,22H,3-10,14H2,1-2H3. The number of hydrogen-bond donors (Lipinski definition) is 0. The second-order valence-corrected chi connectivity index (χ2v) is 8.95. The lowest BCUT2D eigenvalue weighted by molar-refractivity contribution is -0.385. The average Bonchev–Trinajstić information content (AvgIpc) is 3.58. The zero-order valence-corrected chi connectivity index (χ0v) is 20.0. The first-order chi connectivity index (χ1) is 16.9. The molecule has 2 aromatic rings. The van der Waals surface area contributed by atoms with Gasteiger partial charge in [0.25, 0.3) is 6.10 Å². The van der Waals surface area contributed by atoms with Gasteiger partial charge in [-0.2, -0.15) is 5.10 Å². The Hall–Kier alpha value is -3.21. The molecule has 2 aliphatic carbocycles. The molecule has 35 heavy (non-hydrogen) atoms. The lowest BCUT2D eigenvalue weighted by atomic mass is 9.93. The largest absolute Gasteiger partial charge is 0.486 e. The number of nitro benzene ring substituents is 1. The van der Waals surface area contributed by atoms with Gasteiger partial charge in [0.2, 0.25) is 0 Å². The Bertz CT molecular complexity index is 1050. The van der Waals surface area contributed by atoms with E-state index in [0.29, 0.717) is 49.1 Å². The Morgan fingerprint density at radius 2 is 1.74 bits per heavy atom. The molecule has 0 radical (unpaired) electrons. The second-order valence-electron chi connectivity index (χ2n) is 8.95. The Morgan fingerprint density at radius 3 is 2.31 bits per heavy atom. The second kappa shape index (κ2) is 11.0.